The smallest absolute Gasteiger partial charge is 0.266 e. The van der Waals surface area contributed by atoms with Gasteiger partial charge in [-0.25, -0.2) is 10.4 Å². The van der Waals surface area contributed by atoms with Gasteiger partial charge in [0, 0.05) is 36.0 Å². The minimum Gasteiger partial charge on any atom is -0.494 e. The zero-order valence-electron chi connectivity index (χ0n) is 21.1. The van der Waals surface area contributed by atoms with Crippen LogP contribution in [0.4, 0.5) is 0 Å². The molecule has 0 radical (unpaired) electrons. The fraction of sp³-hybridized carbons (Fsp3) is 0.333. The van der Waals surface area contributed by atoms with Crippen LogP contribution in [0, 0.1) is 5.92 Å². The SMILES string of the molecule is O=C(NNCC1CC1)[C@@]1(Cc2ccccc2)N=C(c2ccc(OCCCO)cc2)O[C@H]1c1ccc(Br)cc1. The van der Waals surface area contributed by atoms with Crippen LogP contribution in [-0.2, 0) is 16.0 Å². The number of aliphatic hydroxyl groups is 1. The van der Waals surface area contributed by atoms with Crippen LogP contribution < -0.4 is 15.6 Å². The summed E-state index contributed by atoms with van der Waals surface area (Å²) in [6.07, 6.45) is 2.68. The van der Waals surface area contributed by atoms with Gasteiger partial charge in [-0.05, 0) is 66.3 Å². The van der Waals surface area contributed by atoms with Gasteiger partial charge < -0.3 is 14.6 Å². The van der Waals surface area contributed by atoms with Crippen LogP contribution in [0.25, 0.3) is 0 Å². The highest BCUT2D eigenvalue weighted by atomic mass is 79.9. The Morgan fingerprint density at radius 3 is 2.47 bits per heavy atom. The van der Waals surface area contributed by atoms with Crippen molar-refractivity contribution in [3.63, 3.8) is 0 Å². The van der Waals surface area contributed by atoms with E-state index in [4.69, 9.17) is 19.6 Å². The van der Waals surface area contributed by atoms with Crippen LogP contribution >= 0.6 is 15.9 Å². The molecular formula is C30H32BrN3O4. The maximum atomic E-state index is 14.0. The van der Waals surface area contributed by atoms with E-state index in [1.54, 1.807) is 0 Å². The number of hydrogen-bond acceptors (Lipinski definition) is 6. The maximum absolute atomic E-state index is 14.0. The minimum atomic E-state index is -1.22. The molecule has 3 aromatic carbocycles. The normalized spacial score (nSPS) is 20.5. The lowest BCUT2D eigenvalue weighted by Crippen LogP contribution is -2.54. The van der Waals surface area contributed by atoms with Crippen molar-refractivity contribution in [2.24, 2.45) is 10.9 Å². The summed E-state index contributed by atoms with van der Waals surface area (Å²) in [6, 6.07) is 25.2. The van der Waals surface area contributed by atoms with E-state index in [9.17, 15) is 4.79 Å². The summed E-state index contributed by atoms with van der Waals surface area (Å²) in [5, 5.41) is 9.00. The molecule has 38 heavy (non-hydrogen) atoms. The second kappa shape index (κ2) is 12.1. The molecule has 1 aliphatic carbocycles. The standard InChI is InChI=1S/C30H32BrN3O4/c31-25-13-9-23(10-14-25)27-30(19-21-5-2-1-3-6-21,29(36)34-32-20-22-7-8-22)33-28(38-27)24-11-15-26(16-12-24)37-18-4-17-35/h1-3,5-6,9-16,22,27,32,35H,4,7-8,17-20H2,(H,34,36)/t27-,30-/m0/s1. The molecule has 1 heterocycles. The lowest BCUT2D eigenvalue weighted by atomic mass is 9.82. The lowest BCUT2D eigenvalue weighted by molar-refractivity contribution is -0.130. The quantitative estimate of drug-likeness (QED) is 0.213. The molecular weight excluding hydrogens is 546 g/mol. The number of aliphatic imine (C=N–C) groups is 1. The molecule has 1 aliphatic heterocycles. The summed E-state index contributed by atoms with van der Waals surface area (Å²) in [5.74, 6) is 1.49. The van der Waals surface area contributed by atoms with Gasteiger partial charge in [0.25, 0.3) is 5.91 Å². The average molecular weight is 579 g/mol. The number of rotatable bonds is 12. The van der Waals surface area contributed by atoms with Gasteiger partial charge in [0.05, 0.1) is 6.61 Å². The van der Waals surface area contributed by atoms with Crippen LogP contribution in [0.5, 0.6) is 5.75 Å². The van der Waals surface area contributed by atoms with Crippen molar-refractivity contribution in [1.29, 1.82) is 0 Å². The fourth-order valence-corrected chi connectivity index (χ4v) is 4.80. The first-order valence-corrected chi connectivity index (χ1v) is 13.8. The molecule has 3 aromatic rings. The van der Waals surface area contributed by atoms with E-state index in [1.807, 2.05) is 78.9 Å². The first-order chi connectivity index (χ1) is 18.6. The summed E-state index contributed by atoms with van der Waals surface area (Å²) in [6.45, 7) is 1.26. The Hall–Kier alpha value is -3.20. The van der Waals surface area contributed by atoms with E-state index < -0.39 is 11.6 Å². The van der Waals surface area contributed by atoms with Crippen molar-refractivity contribution in [1.82, 2.24) is 10.9 Å². The predicted octanol–water partition coefficient (Wildman–Crippen LogP) is 4.74. The monoisotopic (exact) mass is 577 g/mol. The molecule has 0 spiro atoms. The Balaban J connectivity index is 1.50. The molecule has 3 N–H and O–H groups in total. The molecule has 0 bridgehead atoms. The second-order valence-corrected chi connectivity index (χ2v) is 10.7. The number of carbonyl (C=O) groups excluding carboxylic acids is 1. The number of hydrogen-bond donors (Lipinski definition) is 3. The van der Waals surface area contributed by atoms with Crippen molar-refractivity contribution in [2.45, 2.75) is 37.3 Å². The second-order valence-electron chi connectivity index (χ2n) is 9.78. The molecule has 1 saturated carbocycles. The zero-order valence-corrected chi connectivity index (χ0v) is 22.7. The summed E-state index contributed by atoms with van der Waals surface area (Å²) in [5.41, 5.74) is 7.48. The molecule has 2 atom stereocenters. The molecule has 1 amide bonds. The number of nitrogens with zero attached hydrogens (tertiary/aromatic N) is 1. The predicted molar refractivity (Wildman–Crippen MR) is 150 cm³/mol. The maximum Gasteiger partial charge on any atom is 0.266 e. The van der Waals surface area contributed by atoms with Gasteiger partial charge in [0.2, 0.25) is 5.90 Å². The number of aliphatic hydroxyl groups excluding tert-OH is 1. The van der Waals surface area contributed by atoms with Gasteiger partial charge in [0.1, 0.15) is 5.75 Å². The number of benzene rings is 3. The van der Waals surface area contributed by atoms with Crippen LogP contribution in [0.2, 0.25) is 0 Å². The van der Waals surface area contributed by atoms with Gasteiger partial charge in [-0.1, -0.05) is 58.4 Å². The van der Waals surface area contributed by atoms with Gasteiger partial charge in [-0.3, -0.25) is 10.2 Å². The minimum absolute atomic E-state index is 0.0846. The van der Waals surface area contributed by atoms with E-state index in [-0.39, 0.29) is 12.5 Å². The van der Waals surface area contributed by atoms with Crippen LogP contribution in [0.3, 0.4) is 0 Å². The molecule has 198 valence electrons. The highest BCUT2D eigenvalue weighted by Crippen LogP contribution is 2.42. The Bertz CT molecular complexity index is 1250. The Labute approximate surface area is 231 Å². The first-order valence-electron chi connectivity index (χ1n) is 13.0. The average Bonchev–Trinajstić information content (AvgIpc) is 3.69. The number of hydrazine groups is 1. The lowest BCUT2D eigenvalue weighted by Gasteiger charge is -2.31. The topological polar surface area (TPSA) is 92.2 Å². The van der Waals surface area contributed by atoms with Gasteiger partial charge in [0.15, 0.2) is 11.6 Å². The highest BCUT2D eigenvalue weighted by molar-refractivity contribution is 9.10. The van der Waals surface area contributed by atoms with Crippen LogP contribution in [-0.4, -0.2) is 42.2 Å². The van der Waals surface area contributed by atoms with Gasteiger partial charge >= 0.3 is 0 Å². The van der Waals surface area contributed by atoms with Crippen LogP contribution in [0.15, 0.2) is 88.3 Å². The molecule has 5 rings (SSSR count). The highest BCUT2D eigenvalue weighted by Gasteiger charge is 2.53. The number of amides is 1. The van der Waals surface area contributed by atoms with Crippen molar-refractivity contribution in [3.05, 3.63) is 100 Å². The third-order valence-electron chi connectivity index (χ3n) is 6.81. The fourth-order valence-electron chi connectivity index (χ4n) is 4.53. The third kappa shape index (κ3) is 6.26. The van der Waals surface area contributed by atoms with E-state index >= 15 is 0 Å². The molecule has 2 aliphatic rings. The Morgan fingerprint density at radius 2 is 1.79 bits per heavy atom. The van der Waals surface area contributed by atoms with Crippen molar-refractivity contribution >= 4 is 27.7 Å². The largest absolute Gasteiger partial charge is 0.494 e. The van der Waals surface area contributed by atoms with E-state index in [2.05, 4.69) is 26.8 Å². The summed E-state index contributed by atoms with van der Waals surface area (Å²) in [7, 11) is 0. The summed E-state index contributed by atoms with van der Waals surface area (Å²) < 4.78 is 13.2. The summed E-state index contributed by atoms with van der Waals surface area (Å²) >= 11 is 3.51. The van der Waals surface area contributed by atoms with Gasteiger partial charge in [-0.2, -0.15) is 0 Å². The van der Waals surface area contributed by atoms with Gasteiger partial charge in [-0.15, -0.1) is 0 Å². The number of ether oxygens (including phenoxy) is 2. The molecule has 0 saturated heterocycles. The molecule has 7 nitrogen and oxygen atoms in total. The zero-order chi connectivity index (χ0) is 26.4. The first kappa shape index (κ1) is 26.4. The van der Waals surface area contributed by atoms with Crippen molar-refractivity contribution < 1.29 is 19.4 Å². The molecule has 0 aromatic heterocycles. The Kier molecular flexibility index (Phi) is 8.42. The Morgan fingerprint density at radius 1 is 1.05 bits per heavy atom. The number of nitrogens with one attached hydrogen (secondary N) is 2. The van der Waals surface area contributed by atoms with E-state index in [0.29, 0.717) is 37.0 Å². The molecule has 8 heteroatoms. The van der Waals surface area contributed by atoms with E-state index in [0.717, 1.165) is 27.7 Å². The van der Waals surface area contributed by atoms with E-state index in [1.165, 1.54) is 12.8 Å². The van der Waals surface area contributed by atoms with Crippen molar-refractivity contribution in [3.8, 4) is 5.75 Å². The number of halogens is 1. The number of carbonyl (C=O) groups is 1. The third-order valence-corrected chi connectivity index (χ3v) is 7.34. The molecule has 0 unspecified atom stereocenters. The molecule has 1 fully saturated rings. The van der Waals surface area contributed by atoms with Crippen LogP contribution in [0.1, 0.15) is 42.1 Å². The summed E-state index contributed by atoms with van der Waals surface area (Å²) in [4.78, 5) is 19.0. The van der Waals surface area contributed by atoms with Crippen molar-refractivity contribution in [2.75, 3.05) is 19.8 Å².